The van der Waals surface area contributed by atoms with Gasteiger partial charge in [-0.25, -0.2) is 8.78 Å². The average Bonchev–Trinajstić information content (AvgIpc) is 3.13. The molecule has 0 amide bonds. The van der Waals surface area contributed by atoms with Crippen LogP contribution in [0.5, 0.6) is 0 Å². The number of esters is 1. The SMILES string of the molecule is CCOC(=O)CCC1(c2cc(F)cc(F)c2N)CC1. The number of anilines is 1. The fourth-order valence-corrected chi connectivity index (χ4v) is 2.40. The van der Waals surface area contributed by atoms with Crippen molar-refractivity contribution in [3.63, 3.8) is 0 Å². The van der Waals surface area contributed by atoms with E-state index in [1.807, 2.05) is 0 Å². The number of rotatable bonds is 5. The molecule has 1 aliphatic carbocycles. The van der Waals surface area contributed by atoms with Crippen molar-refractivity contribution in [2.45, 2.75) is 38.0 Å². The first-order valence-electron chi connectivity index (χ1n) is 6.39. The molecular formula is C14H17F2NO2. The highest BCUT2D eigenvalue weighted by atomic mass is 19.1. The molecule has 0 radical (unpaired) electrons. The Kier molecular flexibility index (Phi) is 3.73. The van der Waals surface area contributed by atoms with Gasteiger partial charge in [0.05, 0.1) is 12.3 Å². The molecule has 0 spiro atoms. The van der Waals surface area contributed by atoms with Gasteiger partial charge < -0.3 is 10.5 Å². The summed E-state index contributed by atoms with van der Waals surface area (Å²) in [6, 6.07) is 2.05. The third-order valence-corrected chi connectivity index (χ3v) is 3.63. The maximum atomic E-state index is 13.5. The van der Waals surface area contributed by atoms with Gasteiger partial charge in [-0.2, -0.15) is 0 Å². The van der Waals surface area contributed by atoms with Gasteiger partial charge in [0, 0.05) is 12.5 Å². The molecular weight excluding hydrogens is 252 g/mol. The average molecular weight is 269 g/mol. The van der Waals surface area contributed by atoms with E-state index >= 15 is 0 Å². The molecule has 5 heteroatoms. The summed E-state index contributed by atoms with van der Waals surface area (Å²) in [5, 5.41) is 0. The van der Waals surface area contributed by atoms with E-state index in [0.717, 1.165) is 18.9 Å². The summed E-state index contributed by atoms with van der Waals surface area (Å²) in [6.07, 6.45) is 2.34. The minimum Gasteiger partial charge on any atom is -0.466 e. The molecule has 0 unspecified atom stereocenters. The summed E-state index contributed by atoms with van der Waals surface area (Å²) < 4.78 is 31.6. The van der Waals surface area contributed by atoms with E-state index in [4.69, 9.17) is 10.5 Å². The Bertz CT molecular complexity index is 498. The van der Waals surface area contributed by atoms with Crippen molar-refractivity contribution in [2.24, 2.45) is 0 Å². The number of ether oxygens (including phenoxy) is 1. The number of halogens is 2. The summed E-state index contributed by atoms with van der Waals surface area (Å²) in [7, 11) is 0. The third-order valence-electron chi connectivity index (χ3n) is 3.63. The number of carbonyl (C=O) groups excluding carboxylic acids is 1. The largest absolute Gasteiger partial charge is 0.466 e. The van der Waals surface area contributed by atoms with Crippen molar-refractivity contribution in [3.8, 4) is 0 Å². The van der Waals surface area contributed by atoms with Crippen molar-refractivity contribution in [1.29, 1.82) is 0 Å². The Balaban J connectivity index is 2.15. The van der Waals surface area contributed by atoms with Crippen LogP contribution >= 0.6 is 0 Å². The van der Waals surface area contributed by atoms with Gasteiger partial charge in [-0.1, -0.05) is 0 Å². The zero-order chi connectivity index (χ0) is 14.0. The summed E-state index contributed by atoms with van der Waals surface area (Å²) in [4.78, 5) is 11.4. The number of nitrogen functional groups attached to an aromatic ring is 1. The number of benzene rings is 1. The lowest BCUT2D eigenvalue weighted by atomic mass is 9.89. The molecule has 2 rings (SSSR count). The number of nitrogens with two attached hydrogens (primary N) is 1. The van der Waals surface area contributed by atoms with Crippen LogP contribution in [0.2, 0.25) is 0 Å². The van der Waals surface area contributed by atoms with E-state index in [0.29, 0.717) is 18.6 Å². The van der Waals surface area contributed by atoms with Crippen molar-refractivity contribution < 1.29 is 18.3 Å². The lowest BCUT2D eigenvalue weighted by Crippen LogP contribution is -2.15. The normalized spacial score (nSPS) is 16.2. The summed E-state index contributed by atoms with van der Waals surface area (Å²) in [5.74, 6) is -1.66. The van der Waals surface area contributed by atoms with Gasteiger partial charge in [0.25, 0.3) is 0 Å². The predicted molar refractivity (Wildman–Crippen MR) is 67.5 cm³/mol. The maximum Gasteiger partial charge on any atom is 0.305 e. The zero-order valence-corrected chi connectivity index (χ0v) is 10.8. The summed E-state index contributed by atoms with van der Waals surface area (Å²) in [6.45, 7) is 2.08. The molecule has 1 aromatic carbocycles. The van der Waals surface area contributed by atoms with Crippen molar-refractivity contribution in [3.05, 3.63) is 29.3 Å². The Labute approximate surface area is 110 Å². The zero-order valence-electron chi connectivity index (χ0n) is 10.8. The van der Waals surface area contributed by atoms with Gasteiger partial charge >= 0.3 is 5.97 Å². The summed E-state index contributed by atoms with van der Waals surface area (Å²) >= 11 is 0. The Morgan fingerprint density at radius 3 is 2.68 bits per heavy atom. The number of hydrogen-bond donors (Lipinski definition) is 1. The van der Waals surface area contributed by atoms with E-state index < -0.39 is 11.6 Å². The van der Waals surface area contributed by atoms with Gasteiger partial charge in [0.2, 0.25) is 0 Å². The lowest BCUT2D eigenvalue weighted by Gasteiger charge is -2.18. The second-order valence-corrected chi connectivity index (χ2v) is 4.93. The molecule has 0 heterocycles. The van der Waals surface area contributed by atoms with Gasteiger partial charge in [-0.05, 0) is 43.2 Å². The molecule has 104 valence electrons. The molecule has 3 nitrogen and oxygen atoms in total. The Morgan fingerprint density at radius 2 is 2.11 bits per heavy atom. The molecule has 1 fully saturated rings. The molecule has 2 N–H and O–H groups in total. The number of carbonyl (C=O) groups is 1. The topological polar surface area (TPSA) is 52.3 Å². The smallest absolute Gasteiger partial charge is 0.305 e. The molecule has 0 bridgehead atoms. The van der Waals surface area contributed by atoms with Crippen LogP contribution in [0.1, 0.15) is 38.2 Å². The monoisotopic (exact) mass is 269 g/mol. The molecule has 1 aliphatic rings. The molecule has 1 saturated carbocycles. The van der Waals surface area contributed by atoms with Crippen molar-refractivity contribution in [1.82, 2.24) is 0 Å². The van der Waals surface area contributed by atoms with Crippen LogP contribution in [-0.2, 0) is 14.9 Å². The van der Waals surface area contributed by atoms with Crippen LogP contribution in [0.15, 0.2) is 12.1 Å². The van der Waals surface area contributed by atoms with Crippen molar-refractivity contribution >= 4 is 11.7 Å². The van der Waals surface area contributed by atoms with Crippen LogP contribution in [0.4, 0.5) is 14.5 Å². The van der Waals surface area contributed by atoms with E-state index in [2.05, 4.69) is 0 Å². The Morgan fingerprint density at radius 1 is 1.42 bits per heavy atom. The lowest BCUT2D eigenvalue weighted by molar-refractivity contribution is -0.143. The fourth-order valence-electron chi connectivity index (χ4n) is 2.40. The highest BCUT2D eigenvalue weighted by molar-refractivity contribution is 5.70. The first-order valence-corrected chi connectivity index (χ1v) is 6.39. The van der Waals surface area contributed by atoms with E-state index in [1.54, 1.807) is 6.92 Å². The Hall–Kier alpha value is -1.65. The minimum atomic E-state index is -0.739. The second kappa shape index (κ2) is 5.15. The quantitative estimate of drug-likeness (QED) is 0.660. The van der Waals surface area contributed by atoms with Gasteiger partial charge in [0.1, 0.15) is 11.6 Å². The summed E-state index contributed by atoms with van der Waals surface area (Å²) in [5.41, 5.74) is 5.79. The van der Waals surface area contributed by atoms with Gasteiger partial charge in [0.15, 0.2) is 0 Å². The third kappa shape index (κ3) is 2.85. The van der Waals surface area contributed by atoms with E-state index in [-0.39, 0.29) is 23.5 Å². The second-order valence-electron chi connectivity index (χ2n) is 4.93. The first-order chi connectivity index (χ1) is 8.98. The molecule has 0 aliphatic heterocycles. The molecule has 0 saturated heterocycles. The molecule has 1 aromatic rings. The molecule has 0 atom stereocenters. The van der Waals surface area contributed by atoms with Gasteiger partial charge in [-0.15, -0.1) is 0 Å². The van der Waals surface area contributed by atoms with Crippen LogP contribution in [-0.4, -0.2) is 12.6 Å². The van der Waals surface area contributed by atoms with Crippen LogP contribution in [0, 0.1) is 11.6 Å². The van der Waals surface area contributed by atoms with Crippen LogP contribution in [0.3, 0.4) is 0 Å². The van der Waals surface area contributed by atoms with Crippen LogP contribution < -0.4 is 5.73 Å². The maximum absolute atomic E-state index is 13.5. The van der Waals surface area contributed by atoms with Crippen LogP contribution in [0.25, 0.3) is 0 Å². The molecule has 19 heavy (non-hydrogen) atoms. The highest BCUT2D eigenvalue weighted by Gasteiger charge is 2.46. The molecule has 0 aromatic heterocycles. The first kappa shape index (κ1) is 13.8. The number of hydrogen-bond acceptors (Lipinski definition) is 3. The fraction of sp³-hybridized carbons (Fsp3) is 0.500. The standard InChI is InChI=1S/C14H17F2NO2/c1-2-19-12(18)3-4-14(5-6-14)10-7-9(15)8-11(16)13(10)17/h7-8H,2-6,17H2,1H3. The highest BCUT2D eigenvalue weighted by Crippen LogP contribution is 2.54. The van der Waals surface area contributed by atoms with Crippen molar-refractivity contribution in [2.75, 3.05) is 12.3 Å². The minimum absolute atomic E-state index is 0.0113. The van der Waals surface area contributed by atoms with E-state index in [9.17, 15) is 13.6 Å². The van der Waals surface area contributed by atoms with E-state index in [1.165, 1.54) is 6.07 Å². The van der Waals surface area contributed by atoms with Gasteiger partial charge in [-0.3, -0.25) is 4.79 Å². The predicted octanol–water partition coefficient (Wildman–Crippen LogP) is 2.92.